The van der Waals surface area contributed by atoms with Gasteiger partial charge in [0.15, 0.2) is 0 Å². The molecule has 2 rings (SSSR count). The summed E-state index contributed by atoms with van der Waals surface area (Å²) in [6.45, 7) is 3.96. The summed E-state index contributed by atoms with van der Waals surface area (Å²) >= 11 is 0. The summed E-state index contributed by atoms with van der Waals surface area (Å²) in [7, 11) is 0. The number of carbonyl (C=O) groups excluding carboxylic acids is 1. The fourth-order valence-corrected chi connectivity index (χ4v) is 2.26. The number of carbonyl (C=O) groups is 1. The van der Waals surface area contributed by atoms with E-state index in [9.17, 15) is 4.79 Å². The number of likely N-dealkylation sites (tertiary alicyclic amines) is 1. The molecule has 0 spiro atoms. The lowest BCUT2D eigenvalue weighted by atomic mass is 9.98. The summed E-state index contributed by atoms with van der Waals surface area (Å²) in [5, 5.41) is 16.7. The Hall–Kier alpha value is -1.43. The highest BCUT2D eigenvalue weighted by molar-refractivity contribution is 5.73. The van der Waals surface area contributed by atoms with Crippen molar-refractivity contribution in [2.24, 2.45) is 5.92 Å². The molecule has 6 heteroatoms. The first-order chi connectivity index (χ1) is 8.19. The Balaban J connectivity index is 1.92. The quantitative estimate of drug-likeness (QED) is 0.806. The maximum atomic E-state index is 11.3. The Morgan fingerprint density at radius 2 is 2.47 bits per heavy atom. The normalized spacial score (nSPS) is 20.6. The molecule has 1 atom stereocenters. The highest BCUT2D eigenvalue weighted by Crippen LogP contribution is 2.18. The average Bonchev–Trinajstić information content (AvgIpc) is 2.77. The van der Waals surface area contributed by atoms with Gasteiger partial charge in [0, 0.05) is 26.6 Å². The zero-order valence-electron chi connectivity index (χ0n) is 10.0. The molecule has 2 heterocycles. The van der Waals surface area contributed by atoms with Crippen molar-refractivity contribution < 1.29 is 9.90 Å². The molecule has 6 nitrogen and oxygen atoms in total. The molecule has 1 aliphatic heterocycles. The van der Waals surface area contributed by atoms with Gasteiger partial charge in [0.05, 0.1) is 12.8 Å². The van der Waals surface area contributed by atoms with Crippen LogP contribution in [0.5, 0.6) is 0 Å². The van der Waals surface area contributed by atoms with E-state index in [0.29, 0.717) is 11.6 Å². The van der Waals surface area contributed by atoms with Crippen molar-refractivity contribution in [3.63, 3.8) is 0 Å². The number of hydrogen-bond donors (Lipinski definition) is 1. The monoisotopic (exact) mass is 238 g/mol. The number of aromatic nitrogens is 3. The van der Waals surface area contributed by atoms with Crippen molar-refractivity contribution in [2.45, 2.75) is 32.9 Å². The van der Waals surface area contributed by atoms with E-state index in [0.717, 1.165) is 32.5 Å². The van der Waals surface area contributed by atoms with Gasteiger partial charge in [-0.05, 0) is 18.8 Å². The first kappa shape index (κ1) is 12.0. The summed E-state index contributed by atoms with van der Waals surface area (Å²) < 4.78 is 1.75. The van der Waals surface area contributed by atoms with Crippen molar-refractivity contribution in [3.05, 3.63) is 11.9 Å². The smallest absolute Gasteiger partial charge is 0.219 e. The number of aliphatic hydroxyl groups is 1. The molecule has 1 amide bonds. The van der Waals surface area contributed by atoms with E-state index in [1.54, 1.807) is 17.8 Å². The van der Waals surface area contributed by atoms with Crippen LogP contribution in [0.1, 0.15) is 25.5 Å². The first-order valence-electron chi connectivity index (χ1n) is 5.94. The number of nitrogens with zero attached hydrogens (tertiary/aromatic N) is 4. The molecule has 0 unspecified atom stereocenters. The van der Waals surface area contributed by atoms with Crippen LogP contribution in [0.25, 0.3) is 0 Å². The Kier molecular flexibility index (Phi) is 3.73. The Morgan fingerprint density at radius 1 is 1.65 bits per heavy atom. The number of amides is 1. The largest absolute Gasteiger partial charge is 0.390 e. The van der Waals surface area contributed by atoms with E-state index < -0.39 is 0 Å². The van der Waals surface area contributed by atoms with Gasteiger partial charge < -0.3 is 10.0 Å². The SMILES string of the molecule is CC(=O)N1CCC[C@H](Cn2cc(CO)nn2)C1. The average molecular weight is 238 g/mol. The van der Waals surface area contributed by atoms with E-state index in [2.05, 4.69) is 10.3 Å². The van der Waals surface area contributed by atoms with Crippen LogP contribution in [0.2, 0.25) is 0 Å². The zero-order valence-corrected chi connectivity index (χ0v) is 10.0. The minimum Gasteiger partial charge on any atom is -0.390 e. The maximum Gasteiger partial charge on any atom is 0.219 e. The van der Waals surface area contributed by atoms with Gasteiger partial charge >= 0.3 is 0 Å². The van der Waals surface area contributed by atoms with Gasteiger partial charge in [-0.15, -0.1) is 5.10 Å². The summed E-state index contributed by atoms with van der Waals surface area (Å²) in [5.41, 5.74) is 0.587. The van der Waals surface area contributed by atoms with Crippen LogP contribution in [0, 0.1) is 5.92 Å². The molecule has 0 saturated carbocycles. The maximum absolute atomic E-state index is 11.3. The third-order valence-corrected chi connectivity index (χ3v) is 3.16. The molecule has 17 heavy (non-hydrogen) atoms. The summed E-state index contributed by atoms with van der Waals surface area (Å²) in [4.78, 5) is 13.2. The van der Waals surface area contributed by atoms with E-state index in [4.69, 9.17) is 5.11 Å². The molecule has 0 aromatic carbocycles. The third kappa shape index (κ3) is 3.03. The van der Waals surface area contributed by atoms with Crippen LogP contribution in [-0.4, -0.2) is 44.0 Å². The molecule has 0 aliphatic carbocycles. The topological polar surface area (TPSA) is 71.2 Å². The molecule has 0 bridgehead atoms. The minimum atomic E-state index is -0.0791. The molecule has 1 aromatic heterocycles. The summed E-state index contributed by atoms with van der Waals surface area (Å²) in [6, 6.07) is 0. The molecule has 1 aliphatic rings. The van der Waals surface area contributed by atoms with Crippen molar-refractivity contribution in [1.82, 2.24) is 19.9 Å². The van der Waals surface area contributed by atoms with Crippen molar-refractivity contribution in [3.8, 4) is 0 Å². The van der Waals surface area contributed by atoms with Gasteiger partial charge in [-0.25, -0.2) is 0 Å². The minimum absolute atomic E-state index is 0.0791. The second-order valence-corrected chi connectivity index (χ2v) is 4.56. The fourth-order valence-electron chi connectivity index (χ4n) is 2.26. The van der Waals surface area contributed by atoms with Gasteiger partial charge in [0.2, 0.25) is 5.91 Å². The molecule has 94 valence electrons. The Bertz CT molecular complexity index is 391. The Morgan fingerprint density at radius 3 is 3.12 bits per heavy atom. The van der Waals surface area contributed by atoms with Crippen LogP contribution in [0.15, 0.2) is 6.20 Å². The Labute approximate surface area is 100 Å². The van der Waals surface area contributed by atoms with Crippen molar-refractivity contribution in [1.29, 1.82) is 0 Å². The van der Waals surface area contributed by atoms with Gasteiger partial charge in [0.25, 0.3) is 0 Å². The van der Waals surface area contributed by atoms with Crippen LogP contribution < -0.4 is 0 Å². The predicted octanol–water partition coefficient (Wildman–Crippen LogP) is 0.0289. The molecule has 1 saturated heterocycles. The predicted molar refractivity (Wildman–Crippen MR) is 60.9 cm³/mol. The molecular formula is C11H18N4O2. The summed E-state index contributed by atoms with van der Waals surface area (Å²) in [6.07, 6.45) is 3.91. The lowest BCUT2D eigenvalue weighted by molar-refractivity contribution is -0.130. The van der Waals surface area contributed by atoms with Crippen LogP contribution in [0.4, 0.5) is 0 Å². The zero-order chi connectivity index (χ0) is 12.3. The van der Waals surface area contributed by atoms with Crippen LogP contribution in [-0.2, 0) is 17.9 Å². The molecule has 1 aromatic rings. The van der Waals surface area contributed by atoms with Crippen LogP contribution >= 0.6 is 0 Å². The fraction of sp³-hybridized carbons (Fsp3) is 0.727. The number of rotatable bonds is 3. The van der Waals surface area contributed by atoms with E-state index >= 15 is 0 Å². The third-order valence-electron chi connectivity index (χ3n) is 3.16. The van der Waals surface area contributed by atoms with E-state index in [1.807, 2.05) is 4.90 Å². The van der Waals surface area contributed by atoms with Crippen molar-refractivity contribution in [2.75, 3.05) is 13.1 Å². The number of hydrogen-bond acceptors (Lipinski definition) is 4. The molecule has 0 radical (unpaired) electrons. The van der Waals surface area contributed by atoms with E-state index in [-0.39, 0.29) is 12.5 Å². The highest BCUT2D eigenvalue weighted by atomic mass is 16.3. The highest BCUT2D eigenvalue weighted by Gasteiger charge is 2.22. The molecule has 1 fully saturated rings. The van der Waals surface area contributed by atoms with E-state index in [1.165, 1.54) is 0 Å². The van der Waals surface area contributed by atoms with Gasteiger partial charge in [-0.2, -0.15) is 0 Å². The number of piperidine rings is 1. The molecule has 1 N–H and O–H groups in total. The lowest BCUT2D eigenvalue weighted by Gasteiger charge is -2.31. The van der Waals surface area contributed by atoms with Crippen LogP contribution in [0.3, 0.4) is 0 Å². The number of aliphatic hydroxyl groups excluding tert-OH is 1. The first-order valence-corrected chi connectivity index (χ1v) is 5.94. The van der Waals surface area contributed by atoms with Gasteiger partial charge in [0.1, 0.15) is 5.69 Å². The summed E-state index contributed by atoms with van der Waals surface area (Å²) in [5.74, 6) is 0.574. The second-order valence-electron chi connectivity index (χ2n) is 4.56. The standard InChI is InChI=1S/C11H18N4O2/c1-9(17)14-4-2-3-10(5-14)6-15-7-11(8-16)12-13-15/h7,10,16H,2-6,8H2,1H3/t10-/m0/s1. The van der Waals surface area contributed by atoms with Gasteiger partial charge in [-0.3, -0.25) is 9.48 Å². The van der Waals surface area contributed by atoms with Gasteiger partial charge in [-0.1, -0.05) is 5.21 Å². The second kappa shape index (κ2) is 5.27. The lowest BCUT2D eigenvalue weighted by Crippen LogP contribution is -2.39. The molecular weight excluding hydrogens is 220 g/mol. The van der Waals surface area contributed by atoms with Crippen molar-refractivity contribution >= 4 is 5.91 Å².